The fourth-order valence-corrected chi connectivity index (χ4v) is 17.6. The third-order valence-corrected chi connectivity index (χ3v) is 23.2. The molecule has 3 aromatic rings. The summed E-state index contributed by atoms with van der Waals surface area (Å²) in [5.41, 5.74) is 18.4. The summed E-state index contributed by atoms with van der Waals surface area (Å²) < 4.78 is 8.00. The average molecular weight is 987 g/mol. The summed E-state index contributed by atoms with van der Waals surface area (Å²) in [5.74, 6) is 9.41. The molecule has 12 rings (SSSR count). The Hall–Kier alpha value is -4.36. The fraction of sp³-hybridized carbons (Fsp3) is 0.600. The first-order valence-corrected chi connectivity index (χ1v) is 29.7. The van der Waals surface area contributed by atoms with Crippen LogP contribution in [0, 0.1) is 64.6 Å². The molecule has 2 aliphatic heterocycles. The first-order chi connectivity index (χ1) is 34.6. The van der Waals surface area contributed by atoms with Gasteiger partial charge in [0.25, 0.3) is 0 Å². The van der Waals surface area contributed by atoms with Crippen LogP contribution in [0.25, 0.3) is 11.1 Å². The van der Waals surface area contributed by atoms with Crippen molar-refractivity contribution in [1.82, 2.24) is 4.90 Å². The summed E-state index contributed by atoms with van der Waals surface area (Å²) in [7, 11) is 0. The predicted molar refractivity (Wildman–Crippen MR) is 313 cm³/mol. The van der Waals surface area contributed by atoms with Crippen LogP contribution in [0.15, 0.2) is 105 Å². The van der Waals surface area contributed by atoms with Crippen LogP contribution < -0.4 is 10.4 Å². The standard InChI is InChI=1S/C70H91BN2O/c1-19-48(36-52-44(5)64(6,7)27-28-65(52,8)9)72-56-33-41(2)34-57-60(56)71(70(18)40-51-43(4)47-26-25-46(35-47)42(3)49(51)38-58(70)72)61-59-62(69(16,17)32-31-68(59,14)15)74-63(61)73(57)55-39-54-53(66(10,11)29-30-67(54,12)13)37-50(55)45-23-21-20-22-24-45/h1,20-24,34,36-44,46-47,52,58H,25-33,35H2,2-18H3/b48-36+. The highest BCUT2D eigenvalue weighted by molar-refractivity contribution is 6.86. The van der Waals surface area contributed by atoms with Crippen LogP contribution >= 0.6 is 0 Å². The highest BCUT2D eigenvalue weighted by Gasteiger charge is 2.63. The first-order valence-electron chi connectivity index (χ1n) is 29.7. The summed E-state index contributed by atoms with van der Waals surface area (Å²) in [6.07, 6.45) is 30.2. The third kappa shape index (κ3) is 7.17. The van der Waals surface area contributed by atoms with Gasteiger partial charge in [0.05, 0.1) is 17.4 Å². The van der Waals surface area contributed by atoms with E-state index in [2.05, 4.69) is 200 Å². The van der Waals surface area contributed by atoms with Gasteiger partial charge in [-0.25, -0.2) is 0 Å². The van der Waals surface area contributed by atoms with E-state index in [0.717, 1.165) is 49.1 Å². The highest BCUT2D eigenvalue weighted by Crippen LogP contribution is 2.65. The molecule has 3 saturated carbocycles. The molecule has 1 aromatic heterocycles. The van der Waals surface area contributed by atoms with E-state index in [-0.39, 0.29) is 56.5 Å². The maximum absolute atomic E-state index is 8.00. The molecule has 74 heavy (non-hydrogen) atoms. The van der Waals surface area contributed by atoms with Crippen LogP contribution in [-0.2, 0) is 21.7 Å². The molecule has 4 heteroatoms. The average Bonchev–Trinajstić information content (AvgIpc) is 4.07. The Morgan fingerprint density at radius 1 is 0.716 bits per heavy atom. The lowest BCUT2D eigenvalue weighted by Gasteiger charge is -2.58. The molecule has 2 aromatic carbocycles. The maximum Gasteiger partial charge on any atom is 0.234 e. The lowest BCUT2D eigenvalue weighted by Crippen LogP contribution is -2.63. The predicted octanol–water partition coefficient (Wildman–Crippen LogP) is 17.8. The zero-order valence-electron chi connectivity index (χ0n) is 49.0. The molecule has 9 aliphatic rings. The molecule has 3 heterocycles. The van der Waals surface area contributed by atoms with Crippen LogP contribution in [-0.4, -0.2) is 17.7 Å². The molecule has 390 valence electrons. The van der Waals surface area contributed by atoms with E-state index in [1.165, 1.54) is 100 Å². The van der Waals surface area contributed by atoms with E-state index in [4.69, 9.17) is 10.8 Å². The van der Waals surface area contributed by atoms with Crippen LogP contribution in [0.3, 0.4) is 0 Å². The topological polar surface area (TPSA) is 19.6 Å². The van der Waals surface area contributed by atoms with Crippen molar-refractivity contribution in [2.24, 2.45) is 52.3 Å². The number of anilines is 2. The number of rotatable bonds is 4. The largest absolute Gasteiger partial charge is 0.445 e. The molecular formula is C70H91BN2O. The molecule has 7 aliphatic carbocycles. The van der Waals surface area contributed by atoms with E-state index in [9.17, 15) is 0 Å². The quantitative estimate of drug-likeness (QED) is 0.192. The number of hydrogen-bond donors (Lipinski definition) is 0. The van der Waals surface area contributed by atoms with Crippen molar-refractivity contribution in [2.45, 2.75) is 215 Å². The van der Waals surface area contributed by atoms with Gasteiger partial charge in [0.1, 0.15) is 5.76 Å². The number of benzene rings is 2. The van der Waals surface area contributed by atoms with Crippen molar-refractivity contribution in [3.63, 3.8) is 0 Å². The Labute approximate surface area is 449 Å². The van der Waals surface area contributed by atoms with Gasteiger partial charge in [-0.05, 0) is 201 Å². The van der Waals surface area contributed by atoms with Crippen LogP contribution in [0.1, 0.15) is 204 Å². The van der Waals surface area contributed by atoms with Gasteiger partial charge in [-0.1, -0.05) is 172 Å². The molecule has 9 unspecified atom stereocenters. The second-order valence-corrected chi connectivity index (χ2v) is 30.5. The molecule has 3 nitrogen and oxygen atoms in total. The Morgan fingerprint density at radius 3 is 1.99 bits per heavy atom. The van der Waals surface area contributed by atoms with E-state index >= 15 is 0 Å². The third-order valence-electron chi connectivity index (χ3n) is 23.2. The zero-order chi connectivity index (χ0) is 52.8. The van der Waals surface area contributed by atoms with Gasteiger partial charge in [0.2, 0.25) is 6.71 Å². The summed E-state index contributed by atoms with van der Waals surface area (Å²) in [4.78, 5) is 5.52. The van der Waals surface area contributed by atoms with Crippen molar-refractivity contribution < 1.29 is 4.42 Å². The van der Waals surface area contributed by atoms with Crippen molar-refractivity contribution in [3.8, 4) is 23.5 Å². The van der Waals surface area contributed by atoms with Gasteiger partial charge >= 0.3 is 0 Å². The number of furan rings is 1. The van der Waals surface area contributed by atoms with Gasteiger partial charge in [0, 0.05) is 22.4 Å². The lowest BCUT2D eigenvalue weighted by atomic mass is 9.21. The van der Waals surface area contributed by atoms with Crippen molar-refractivity contribution >= 4 is 23.7 Å². The summed E-state index contributed by atoms with van der Waals surface area (Å²) in [6, 6.07) is 16.6. The minimum Gasteiger partial charge on any atom is -0.445 e. The Balaban J connectivity index is 1.22. The molecule has 3 fully saturated rings. The smallest absolute Gasteiger partial charge is 0.234 e. The minimum atomic E-state index is -0.349. The first kappa shape index (κ1) is 50.5. The number of nitrogens with zero attached hydrogens (tertiary/aromatic N) is 2. The summed E-state index contributed by atoms with van der Waals surface area (Å²) in [5, 5.41) is -0.349. The van der Waals surface area contributed by atoms with E-state index in [1.807, 2.05) is 0 Å². The number of hydrogen-bond acceptors (Lipinski definition) is 3. The fourth-order valence-electron chi connectivity index (χ4n) is 17.6. The molecule has 0 saturated heterocycles. The van der Waals surface area contributed by atoms with Gasteiger partial charge in [-0.2, -0.15) is 0 Å². The van der Waals surface area contributed by atoms with Gasteiger partial charge in [-0.3, -0.25) is 4.90 Å². The molecule has 0 amide bonds. The Morgan fingerprint density at radius 2 is 1.32 bits per heavy atom. The molecule has 0 spiro atoms. The van der Waals surface area contributed by atoms with Crippen LogP contribution in [0.5, 0.6) is 0 Å². The van der Waals surface area contributed by atoms with E-state index in [0.29, 0.717) is 23.7 Å². The van der Waals surface area contributed by atoms with Crippen LogP contribution in [0.2, 0.25) is 5.31 Å². The van der Waals surface area contributed by atoms with Gasteiger partial charge in [-0.15, -0.1) is 6.42 Å². The summed E-state index contributed by atoms with van der Waals surface area (Å²) >= 11 is 0. The van der Waals surface area contributed by atoms with Gasteiger partial charge in [0.15, 0.2) is 5.88 Å². The minimum absolute atomic E-state index is 0.0127. The van der Waals surface area contributed by atoms with Crippen LogP contribution in [0.4, 0.5) is 11.6 Å². The number of terminal acetylenes is 1. The van der Waals surface area contributed by atoms with Gasteiger partial charge < -0.3 is 9.32 Å². The molecule has 9 atom stereocenters. The molecule has 0 N–H and O–H groups in total. The van der Waals surface area contributed by atoms with E-state index < -0.39 is 0 Å². The molecule has 2 bridgehead atoms. The van der Waals surface area contributed by atoms with Crippen molar-refractivity contribution in [1.29, 1.82) is 0 Å². The SMILES string of the molecule is C#C/C(=C\C1C(C)C(C)(C)CCC1(C)C)N1C2=C3B(c4c(oc5c4C(C)(C)CCC5(C)C)N(c4cc5c(cc4-c4ccccc4)C(C)(C)CCC5(C)C)C3=CC(C)C2)C2(C)C=C3C(=CC12)C(C)C1CCC(C1)C3C. The monoisotopic (exact) mass is 987 g/mol. The van der Waals surface area contributed by atoms with E-state index in [1.54, 1.807) is 11.1 Å². The normalized spacial score (nSPS) is 34.4. The van der Waals surface area contributed by atoms with Crippen molar-refractivity contribution in [3.05, 3.63) is 123 Å². The zero-order valence-corrected chi connectivity index (χ0v) is 49.0. The Kier molecular flexibility index (Phi) is 11.1. The second kappa shape index (κ2) is 16.3. The molecular weight excluding hydrogens is 896 g/mol. The Bertz CT molecular complexity index is 3060. The molecule has 0 radical (unpaired) electrons. The maximum atomic E-state index is 8.00. The summed E-state index contributed by atoms with van der Waals surface area (Å²) in [6.45, 7) is 42.9. The lowest BCUT2D eigenvalue weighted by molar-refractivity contribution is 0.0169. The van der Waals surface area contributed by atoms with Crippen molar-refractivity contribution in [2.75, 3.05) is 4.90 Å². The number of fused-ring (bicyclic) bond motifs is 10. The highest BCUT2D eigenvalue weighted by atomic mass is 16.4. The second-order valence-electron chi connectivity index (χ2n) is 30.5. The number of allylic oxidation sites excluding steroid dienone is 7.